The molecule has 0 N–H and O–H groups in total. The van der Waals surface area contributed by atoms with Crippen LogP contribution in [0, 0.1) is 5.92 Å². The highest BCUT2D eigenvalue weighted by molar-refractivity contribution is 5.68. The monoisotopic (exact) mass is 409 g/mol. The van der Waals surface area contributed by atoms with E-state index in [9.17, 15) is 4.79 Å². The van der Waals surface area contributed by atoms with Crippen molar-refractivity contribution >= 4 is 6.09 Å². The van der Waals surface area contributed by atoms with E-state index in [-0.39, 0.29) is 41.5 Å². The van der Waals surface area contributed by atoms with Gasteiger partial charge in [-0.25, -0.2) is 4.79 Å². The average molecular weight is 410 g/mol. The molecule has 166 valence electrons. The van der Waals surface area contributed by atoms with Crippen LogP contribution in [0.25, 0.3) is 0 Å². The van der Waals surface area contributed by atoms with Gasteiger partial charge >= 0.3 is 6.09 Å². The minimum absolute atomic E-state index is 0.0793. The summed E-state index contributed by atoms with van der Waals surface area (Å²) < 4.78 is 24.0. The summed E-state index contributed by atoms with van der Waals surface area (Å²) in [5.41, 5.74) is 0.836. The maximum atomic E-state index is 12.5. The first-order valence-corrected chi connectivity index (χ1v) is 11.3. The Bertz CT molecular complexity index is 606. The number of allylic oxidation sites excluding steroid dienone is 1. The normalized spacial score (nSPS) is 40.1. The van der Waals surface area contributed by atoms with Gasteiger partial charge in [-0.15, -0.1) is 0 Å². The van der Waals surface area contributed by atoms with Crippen molar-refractivity contribution in [3.63, 3.8) is 0 Å². The first kappa shape index (κ1) is 22.6. The second kappa shape index (κ2) is 8.94. The number of hydrogen-bond donors (Lipinski definition) is 0. The quantitative estimate of drug-likeness (QED) is 0.500. The lowest BCUT2D eigenvalue weighted by molar-refractivity contribution is -0.121. The zero-order valence-corrected chi connectivity index (χ0v) is 19.0. The Balaban J connectivity index is 0.00000117. The molecule has 0 aromatic rings. The molecule has 4 rings (SSSR count). The van der Waals surface area contributed by atoms with E-state index in [1.807, 2.05) is 18.7 Å². The lowest BCUT2D eigenvalue weighted by atomic mass is 9.68. The summed E-state index contributed by atoms with van der Waals surface area (Å²) in [4.78, 5) is 14.4. The highest BCUT2D eigenvalue weighted by Gasteiger charge is 2.72. The predicted molar refractivity (Wildman–Crippen MR) is 112 cm³/mol. The summed E-state index contributed by atoms with van der Waals surface area (Å²) >= 11 is 0. The van der Waals surface area contributed by atoms with E-state index in [1.54, 1.807) is 7.11 Å². The van der Waals surface area contributed by atoms with Gasteiger partial charge in [0, 0.05) is 20.2 Å². The standard InChI is InChI=1S/C21H33NO5.C2H6/c1-14(2)7-8-16-20(3,27-16)18-17(24-4)15(9-10-21(18)13-25-21)26-19(23)22-11-5-6-12-22;1-2/h7,15-18H,5-6,8-13H2,1-4H3;1-2H3. The molecule has 0 bridgehead atoms. The number of hydrogen-bond acceptors (Lipinski definition) is 5. The van der Waals surface area contributed by atoms with Crippen LogP contribution in [0.1, 0.15) is 66.7 Å². The van der Waals surface area contributed by atoms with Crippen molar-refractivity contribution in [2.45, 2.75) is 96.2 Å². The zero-order valence-electron chi connectivity index (χ0n) is 19.0. The maximum Gasteiger partial charge on any atom is 0.410 e. The van der Waals surface area contributed by atoms with E-state index >= 15 is 0 Å². The van der Waals surface area contributed by atoms with Crippen LogP contribution in [0.3, 0.4) is 0 Å². The van der Waals surface area contributed by atoms with Crippen LogP contribution >= 0.6 is 0 Å². The number of ether oxygens (including phenoxy) is 4. The van der Waals surface area contributed by atoms with Crippen molar-refractivity contribution < 1.29 is 23.7 Å². The van der Waals surface area contributed by atoms with Crippen LogP contribution in [-0.4, -0.2) is 67.3 Å². The van der Waals surface area contributed by atoms with Crippen LogP contribution < -0.4 is 0 Å². The van der Waals surface area contributed by atoms with Crippen LogP contribution in [0.5, 0.6) is 0 Å². The molecule has 1 spiro atoms. The molecular weight excluding hydrogens is 370 g/mol. The Hall–Kier alpha value is -1.11. The molecule has 3 saturated heterocycles. The van der Waals surface area contributed by atoms with Crippen LogP contribution in [0.15, 0.2) is 11.6 Å². The molecule has 4 aliphatic rings. The van der Waals surface area contributed by atoms with E-state index in [0.717, 1.165) is 51.8 Å². The van der Waals surface area contributed by atoms with E-state index < -0.39 is 0 Å². The van der Waals surface area contributed by atoms with Gasteiger partial charge in [0.05, 0.1) is 18.6 Å². The fourth-order valence-corrected chi connectivity index (χ4v) is 5.17. The van der Waals surface area contributed by atoms with E-state index in [0.29, 0.717) is 0 Å². The molecule has 1 amide bonds. The van der Waals surface area contributed by atoms with Gasteiger partial charge in [0.1, 0.15) is 23.4 Å². The van der Waals surface area contributed by atoms with Gasteiger partial charge in [-0.3, -0.25) is 0 Å². The highest BCUT2D eigenvalue weighted by Crippen LogP contribution is 2.59. The van der Waals surface area contributed by atoms with Crippen molar-refractivity contribution in [2.24, 2.45) is 5.92 Å². The molecule has 1 saturated carbocycles. The van der Waals surface area contributed by atoms with Gasteiger partial charge in [0.15, 0.2) is 0 Å². The van der Waals surface area contributed by atoms with Gasteiger partial charge in [-0.1, -0.05) is 25.5 Å². The minimum atomic E-state index is -0.290. The van der Waals surface area contributed by atoms with Gasteiger partial charge in [0.2, 0.25) is 0 Å². The van der Waals surface area contributed by atoms with Crippen LogP contribution in [0.2, 0.25) is 0 Å². The first-order chi connectivity index (χ1) is 13.9. The Morgan fingerprint density at radius 1 is 1.24 bits per heavy atom. The van der Waals surface area contributed by atoms with Crippen molar-refractivity contribution in [1.82, 2.24) is 4.90 Å². The average Bonchev–Trinajstić information content (AvgIpc) is 3.54. The molecule has 6 heteroatoms. The van der Waals surface area contributed by atoms with Crippen molar-refractivity contribution in [3.05, 3.63) is 11.6 Å². The summed E-state index contributed by atoms with van der Waals surface area (Å²) in [5, 5.41) is 0. The molecule has 4 fully saturated rings. The number of carbonyl (C=O) groups is 1. The zero-order chi connectivity index (χ0) is 21.2. The molecule has 6 unspecified atom stereocenters. The Morgan fingerprint density at radius 3 is 2.45 bits per heavy atom. The number of amides is 1. The van der Waals surface area contributed by atoms with Crippen LogP contribution in [0.4, 0.5) is 4.79 Å². The topological polar surface area (TPSA) is 63.8 Å². The van der Waals surface area contributed by atoms with Crippen molar-refractivity contribution in [3.8, 4) is 0 Å². The largest absolute Gasteiger partial charge is 0.443 e. The SMILES string of the molecule is CC.COC1C(OC(=O)N2CCCC2)CCC2(CO2)C1C1(C)OC1CC=C(C)C. The predicted octanol–water partition coefficient (Wildman–Crippen LogP) is 4.32. The second-order valence-corrected chi connectivity index (χ2v) is 8.99. The third kappa shape index (κ3) is 4.49. The molecule has 3 heterocycles. The highest BCUT2D eigenvalue weighted by atomic mass is 16.6. The Labute approximate surface area is 175 Å². The Kier molecular flexibility index (Phi) is 6.96. The van der Waals surface area contributed by atoms with Crippen molar-refractivity contribution in [2.75, 3.05) is 26.8 Å². The number of likely N-dealkylation sites (tertiary alicyclic amines) is 1. The van der Waals surface area contributed by atoms with E-state index in [4.69, 9.17) is 18.9 Å². The third-order valence-corrected chi connectivity index (χ3v) is 6.85. The fourth-order valence-electron chi connectivity index (χ4n) is 5.17. The molecule has 6 atom stereocenters. The maximum absolute atomic E-state index is 12.5. The van der Waals surface area contributed by atoms with Gasteiger partial charge < -0.3 is 23.8 Å². The van der Waals surface area contributed by atoms with E-state index in [1.165, 1.54) is 5.57 Å². The molecule has 1 aliphatic carbocycles. The summed E-state index contributed by atoms with van der Waals surface area (Å²) in [6, 6.07) is 0. The molecule has 0 radical (unpaired) electrons. The molecule has 0 aromatic heterocycles. The van der Waals surface area contributed by atoms with E-state index in [2.05, 4.69) is 26.8 Å². The second-order valence-electron chi connectivity index (χ2n) is 8.99. The summed E-state index contributed by atoms with van der Waals surface area (Å²) in [6.45, 7) is 12.7. The number of nitrogens with zero attached hydrogens (tertiary/aromatic N) is 1. The van der Waals surface area contributed by atoms with Crippen molar-refractivity contribution in [1.29, 1.82) is 0 Å². The van der Waals surface area contributed by atoms with Gasteiger partial charge in [0.25, 0.3) is 0 Å². The number of carbonyl (C=O) groups excluding carboxylic acids is 1. The molecule has 29 heavy (non-hydrogen) atoms. The molecule has 6 nitrogen and oxygen atoms in total. The number of rotatable bonds is 5. The molecular formula is C23H39NO5. The first-order valence-electron chi connectivity index (χ1n) is 11.3. The third-order valence-electron chi connectivity index (χ3n) is 6.85. The number of epoxide rings is 2. The summed E-state index contributed by atoms with van der Waals surface area (Å²) in [7, 11) is 1.71. The lowest BCUT2D eigenvalue weighted by Gasteiger charge is -2.43. The smallest absolute Gasteiger partial charge is 0.410 e. The Morgan fingerprint density at radius 2 is 1.90 bits per heavy atom. The van der Waals surface area contributed by atoms with Gasteiger partial charge in [-0.05, 0) is 52.9 Å². The van der Waals surface area contributed by atoms with Crippen LogP contribution in [-0.2, 0) is 18.9 Å². The van der Waals surface area contributed by atoms with Gasteiger partial charge in [-0.2, -0.15) is 0 Å². The molecule has 0 aromatic carbocycles. The summed E-state index contributed by atoms with van der Waals surface area (Å²) in [6.07, 6.45) is 6.45. The fraction of sp³-hybridized carbons (Fsp3) is 0.870. The number of methoxy groups -OCH3 is 1. The lowest BCUT2D eigenvalue weighted by Crippen LogP contribution is -2.56. The minimum Gasteiger partial charge on any atom is -0.443 e. The molecule has 3 aliphatic heterocycles. The summed E-state index contributed by atoms with van der Waals surface area (Å²) in [5.74, 6) is 0.0793.